The van der Waals surface area contributed by atoms with Crippen molar-refractivity contribution >= 4 is 12.1 Å². The van der Waals surface area contributed by atoms with Crippen LogP contribution < -0.4 is 5.43 Å². The molecular formula is C14H10F2N2O. The number of rotatable bonds is 3. The maximum atomic E-state index is 13.3. The molecule has 0 spiro atoms. The molecule has 2 aromatic carbocycles. The van der Waals surface area contributed by atoms with E-state index in [-0.39, 0.29) is 5.56 Å². The number of amides is 1. The monoisotopic (exact) mass is 260 g/mol. The van der Waals surface area contributed by atoms with E-state index in [1.807, 2.05) is 0 Å². The highest BCUT2D eigenvalue weighted by Crippen LogP contribution is 2.08. The zero-order valence-electron chi connectivity index (χ0n) is 9.81. The van der Waals surface area contributed by atoms with Gasteiger partial charge in [0.1, 0.15) is 11.6 Å². The van der Waals surface area contributed by atoms with E-state index in [1.165, 1.54) is 6.07 Å². The maximum absolute atomic E-state index is 13.3. The summed E-state index contributed by atoms with van der Waals surface area (Å²) in [6.45, 7) is 0. The zero-order valence-corrected chi connectivity index (χ0v) is 9.81. The Balaban J connectivity index is 2.07. The standard InChI is InChI=1S/C14H10F2N2O/c15-12-7-4-8-13(16)11(12)9-17-18-14(19)10-5-2-1-3-6-10/h1-9H,(H,18,19)/b17-9-. The number of nitrogens with zero attached hydrogens (tertiary/aromatic N) is 1. The van der Waals surface area contributed by atoms with Gasteiger partial charge in [-0.3, -0.25) is 4.79 Å². The fourth-order valence-electron chi connectivity index (χ4n) is 1.44. The van der Waals surface area contributed by atoms with Gasteiger partial charge in [0.05, 0.1) is 11.8 Å². The van der Waals surface area contributed by atoms with Crippen molar-refractivity contribution in [3.63, 3.8) is 0 Å². The van der Waals surface area contributed by atoms with Crippen LogP contribution in [-0.4, -0.2) is 12.1 Å². The van der Waals surface area contributed by atoms with Gasteiger partial charge in [0.2, 0.25) is 0 Å². The summed E-state index contributed by atoms with van der Waals surface area (Å²) in [4.78, 5) is 11.6. The Morgan fingerprint density at radius 1 is 1.00 bits per heavy atom. The fourth-order valence-corrected chi connectivity index (χ4v) is 1.44. The minimum absolute atomic E-state index is 0.295. The van der Waals surface area contributed by atoms with Gasteiger partial charge in [0, 0.05) is 5.56 Å². The number of halogens is 2. The van der Waals surface area contributed by atoms with Crippen LogP contribution in [-0.2, 0) is 0 Å². The summed E-state index contributed by atoms with van der Waals surface area (Å²) in [5.41, 5.74) is 2.31. The van der Waals surface area contributed by atoms with Crippen molar-refractivity contribution in [2.24, 2.45) is 5.10 Å². The van der Waals surface area contributed by atoms with Crippen LogP contribution in [0.15, 0.2) is 53.6 Å². The van der Waals surface area contributed by atoms with Crippen LogP contribution in [0.2, 0.25) is 0 Å². The van der Waals surface area contributed by atoms with Gasteiger partial charge in [-0.05, 0) is 24.3 Å². The van der Waals surface area contributed by atoms with E-state index < -0.39 is 17.5 Å². The first-order valence-electron chi connectivity index (χ1n) is 5.51. The summed E-state index contributed by atoms with van der Waals surface area (Å²) >= 11 is 0. The molecule has 0 radical (unpaired) electrons. The lowest BCUT2D eigenvalue weighted by Gasteiger charge is -2.00. The van der Waals surface area contributed by atoms with Gasteiger partial charge in [-0.2, -0.15) is 5.10 Å². The molecule has 0 fully saturated rings. The van der Waals surface area contributed by atoms with Crippen LogP contribution in [0.25, 0.3) is 0 Å². The molecule has 0 aromatic heterocycles. The molecule has 0 saturated heterocycles. The molecule has 2 rings (SSSR count). The van der Waals surface area contributed by atoms with E-state index in [4.69, 9.17) is 0 Å². The van der Waals surface area contributed by atoms with Crippen molar-refractivity contribution in [2.45, 2.75) is 0 Å². The van der Waals surface area contributed by atoms with E-state index in [0.717, 1.165) is 18.3 Å². The van der Waals surface area contributed by atoms with E-state index in [9.17, 15) is 13.6 Å². The fraction of sp³-hybridized carbons (Fsp3) is 0. The molecule has 1 amide bonds. The Morgan fingerprint density at radius 3 is 2.26 bits per heavy atom. The van der Waals surface area contributed by atoms with Gasteiger partial charge in [-0.25, -0.2) is 14.2 Å². The Labute approximate surface area is 108 Å². The van der Waals surface area contributed by atoms with Crippen LogP contribution in [0, 0.1) is 11.6 Å². The quantitative estimate of drug-likeness (QED) is 0.669. The number of carbonyl (C=O) groups excluding carboxylic acids is 1. The van der Waals surface area contributed by atoms with Gasteiger partial charge in [0.15, 0.2) is 0 Å². The molecule has 3 nitrogen and oxygen atoms in total. The lowest BCUT2D eigenvalue weighted by molar-refractivity contribution is 0.0955. The molecule has 0 heterocycles. The third kappa shape index (κ3) is 3.22. The summed E-state index contributed by atoms with van der Waals surface area (Å²) in [5, 5.41) is 3.54. The molecule has 0 bridgehead atoms. The van der Waals surface area contributed by atoms with E-state index >= 15 is 0 Å². The SMILES string of the molecule is O=C(N/N=C\c1c(F)cccc1F)c1ccccc1. The van der Waals surface area contributed by atoms with Crippen LogP contribution in [0.1, 0.15) is 15.9 Å². The lowest BCUT2D eigenvalue weighted by Crippen LogP contribution is -2.17. The second-order valence-electron chi connectivity index (χ2n) is 3.70. The molecular weight excluding hydrogens is 250 g/mol. The van der Waals surface area contributed by atoms with Crippen LogP contribution >= 0.6 is 0 Å². The lowest BCUT2D eigenvalue weighted by atomic mass is 10.2. The summed E-state index contributed by atoms with van der Waals surface area (Å²) < 4.78 is 26.5. The first-order valence-corrected chi connectivity index (χ1v) is 5.51. The summed E-state index contributed by atoms with van der Waals surface area (Å²) in [7, 11) is 0. The number of benzene rings is 2. The number of carbonyl (C=O) groups is 1. The largest absolute Gasteiger partial charge is 0.271 e. The van der Waals surface area contributed by atoms with Crippen molar-refractivity contribution in [3.8, 4) is 0 Å². The van der Waals surface area contributed by atoms with Gasteiger partial charge >= 0.3 is 0 Å². The first kappa shape index (κ1) is 12.9. The van der Waals surface area contributed by atoms with Crippen molar-refractivity contribution in [1.29, 1.82) is 0 Å². The number of hydrogen-bond acceptors (Lipinski definition) is 2. The van der Waals surface area contributed by atoms with Gasteiger partial charge in [-0.15, -0.1) is 0 Å². The Kier molecular flexibility index (Phi) is 3.97. The minimum Gasteiger partial charge on any atom is -0.267 e. The number of hydrogen-bond donors (Lipinski definition) is 1. The molecule has 0 aliphatic rings. The van der Waals surface area contributed by atoms with Crippen molar-refractivity contribution in [2.75, 3.05) is 0 Å². The molecule has 1 N–H and O–H groups in total. The average molecular weight is 260 g/mol. The van der Waals surface area contributed by atoms with E-state index in [2.05, 4.69) is 10.5 Å². The zero-order chi connectivity index (χ0) is 13.7. The minimum atomic E-state index is -0.738. The maximum Gasteiger partial charge on any atom is 0.271 e. The predicted octanol–water partition coefficient (Wildman–Crippen LogP) is 2.73. The third-order valence-electron chi connectivity index (χ3n) is 2.40. The summed E-state index contributed by atoms with van der Waals surface area (Å²) in [6.07, 6.45) is 0.936. The molecule has 0 unspecified atom stereocenters. The Bertz CT molecular complexity index is 592. The Hall–Kier alpha value is -2.56. The highest BCUT2D eigenvalue weighted by molar-refractivity contribution is 5.94. The molecule has 0 aliphatic carbocycles. The topological polar surface area (TPSA) is 41.5 Å². The van der Waals surface area contributed by atoms with Crippen LogP contribution in [0.3, 0.4) is 0 Å². The third-order valence-corrected chi connectivity index (χ3v) is 2.40. The number of hydrazone groups is 1. The normalized spacial score (nSPS) is 10.6. The van der Waals surface area contributed by atoms with Gasteiger partial charge < -0.3 is 0 Å². The molecule has 2 aromatic rings. The van der Waals surface area contributed by atoms with Crippen LogP contribution in [0.5, 0.6) is 0 Å². The summed E-state index contributed by atoms with van der Waals surface area (Å²) in [5.74, 6) is -1.93. The highest BCUT2D eigenvalue weighted by Gasteiger charge is 2.06. The molecule has 19 heavy (non-hydrogen) atoms. The second kappa shape index (κ2) is 5.86. The predicted molar refractivity (Wildman–Crippen MR) is 67.9 cm³/mol. The van der Waals surface area contributed by atoms with E-state index in [1.54, 1.807) is 30.3 Å². The van der Waals surface area contributed by atoms with Crippen LogP contribution in [0.4, 0.5) is 8.78 Å². The smallest absolute Gasteiger partial charge is 0.267 e. The van der Waals surface area contributed by atoms with Crippen molar-refractivity contribution in [1.82, 2.24) is 5.43 Å². The summed E-state index contributed by atoms with van der Waals surface area (Å²) in [6, 6.07) is 11.9. The second-order valence-corrected chi connectivity index (χ2v) is 3.70. The Morgan fingerprint density at radius 2 is 1.63 bits per heavy atom. The molecule has 96 valence electrons. The average Bonchev–Trinajstić information content (AvgIpc) is 2.43. The van der Waals surface area contributed by atoms with Gasteiger partial charge in [0.25, 0.3) is 5.91 Å². The van der Waals surface area contributed by atoms with Crippen molar-refractivity contribution < 1.29 is 13.6 Å². The van der Waals surface area contributed by atoms with E-state index in [0.29, 0.717) is 5.56 Å². The molecule has 0 atom stereocenters. The highest BCUT2D eigenvalue weighted by atomic mass is 19.1. The van der Waals surface area contributed by atoms with Crippen molar-refractivity contribution in [3.05, 3.63) is 71.3 Å². The number of nitrogens with one attached hydrogen (secondary N) is 1. The molecule has 0 saturated carbocycles. The van der Waals surface area contributed by atoms with Gasteiger partial charge in [-0.1, -0.05) is 24.3 Å². The molecule has 0 aliphatic heterocycles. The first-order chi connectivity index (χ1) is 9.18. The molecule has 5 heteroatoms.